The minimum atomic E-state index is -3.53. The highest BCUT2D eigenvalue weighted by atomic mass is 32.2. The number of carbonyl (C=O) groups is 1. The van der Waals surface area contributed by atoms with Crippen LogP contribution >= 0.6 is 0 Å². The lowest BCUT2D eigenvalue weighted by Crippen LogP contribution is -2.46. The molecule has 3 rings (SSSR count). The summed E-state index contributed by atoms with van der Waals surface area (Å²) in [5, 5.41) is 6.89. The van der Waals surface area contributed by atoms with E-state index in [0.717, 1.165) is 29.9 Å². The third kappa shape index (κ3) is 6.36. The number of hydrogen-bond acceptors (Lipinski definition) is 5. The van der Waals surface area contributed by atoms with E-state index >= 15 is 0 Å². The van der Waals surface area contributed by atoms with Gasteiger partial charge in [-0.2, -0.15) is 17.4 Å². The summed E-state index contributed by atoms with van der Waals surface area (Å²) < 4.78 is 36.9. The SMILES string of the molecule is COCC1CCCN(S(=O)(=O)NCc2ccccc2-n2ccnc2C)C1.O=CO. The summed E-state index contributed by atoms with van der Waals surface area (Å²) >= 11 is 0. The Morgan fingerprint density at radius 2 is 2.10 bits per heavy atom. The first kappa shape index (κ1) is 23.0. The van der Waals surface area contributed by atoms with Gasteiger partial charge in [0.05, 0.1) is 12.3 Å². The van der Waals surface area contributed by atoms with E-state index < -0.39 is 10.2 Å². The largest absolute Gasteiger partial charge is 0.483 e. The fraction of sp³-hybridized carbons (Fsp3) is 0.474. The molecule has 2 aromatic rings. The molecule has 10 heteroatoms. The van der Waals surface area contributed by atoms with Crippen LogP contribution in [0.5, 0.6) is 0 Å². The number of methoxy groups -OCH3 is 1. The summed E-state index contributed by atoms with van der Waals surface area (Å²) in [4.78, 5) is 12.6. The van der Waals surface area contributed by atoms with E-state index in [9.17, 15) is 8.42 Å². The van der Waals surface area contributed by atoms with E-state index in [4.69, 9.17) is 14.6 Å². The quantitative estimate of drug-likeness (QED) is 0.652. The molecule has 0 aliphatic carbocycles. The second-order valence-electron chi connectivity index (χ2n) is 6.73. The van der Waals surface area contributed by atoms with Crippen LogP contribution < -0.4 is 4.72 Å². The second-order valence-corrected chi connectivity index (χ2v) is 8.48. The molecular weight excluding hydrogens is 396 g/mol. The van der Waals surface area contributed by atoms with Crippen molar-refractivity contribution < 1.29 is 23.1 Å². The van der Waals surface area contributed by atoms with E-state index in [1.54, 1.807) is 13.3 Å². The molecule has 1 aromatic carbocycles. The maximum absolute atomic E-state index is 12.7. The Kier molecular flexibility index (Phi) is 8.77. The number of piperidine rings is 1. The number of aryl methyl sites for hydroxylation is 1. The number of para-hydroxylation sites is 1. The Morgan fingerprint density at radius 3 is 2.76 bits per heavy atom. The lowest BCUT2D eigenvalue weighted by Gasteiger charge is -2.31. The molecule has 0 bridgehead atoms. The van der Waals surface area contributed by atoms with Crippen molar-refractivity contribution in [2.45, 2.75) is 26.3 Å². The molecule has 0 saturated carbocycles. The molecule has 29 heavy (non-hydrogen) atoms. The minimum Gasteiger partial charge on any atom is -0.483 e. The monoisotopic (exact) mass is 424 g/mol. The zero-order valence-corrected chi connectivity index (χ0v) is 17.5. The van der Waals surface area contributed by atoms with Crippen LogP contribution in [-0.4, -0.2) is 60.7 Å². The van der Waals surface area contributed by atoms with Crippen LogP contribution in [-0.2, 0) is 26.3 Å². The van der Waals surface area contributed by atoms with E-state index in [0.29, 0.717) is 19.7 Å². The van der Waals surface area contributed by atoms with E-state index in [-0.39, 0.29) is 18.9 Å². The number of benzene rings is 1. The minimum absolute atomic E-state index is 0.238. The van der Waals surface area contributed by atoms with Gasteiger partial charge in [0, 0.05) is 39.1 Å². The molecule has 2 heterocycles. The van der Waals surface area contributed by atoms with Crippen molar-refractivity contribution in [2.24, 2.45) is 5.92 Å². The summed E-state index contributed by atoms with van der Waals surface area (Å²) in [6.45, 7) is 3.56. The zero-order chi connectivity index (χ0) is 21.3. The van der Waals surface area contributed by atoms with Gasteiger partial charge >= 0.3 is 0 Å². The Bertz CT molecular complexity index is 882. The first-order valence-electron chi connectivity index (χ1n) is 9.32. The van der Waals surface area contributed by atoms with Gasteiger partial charge in [0.25, 0.3) is 16.7 Å². The highest BCUT2D eigenvalue weighted by Gasteiger charge is 2.28. The summed E-state index contributed by atoms with van der Waals surface area (Å²) in [6.07, 6.45) is 5.48. The van der Waals surface area contributed by atoms with E-state index in [1.807, 2.05) is 42.0 Å². The van der Waals surface area contributed by atoms with Crippen molar-refractivity contribution in [3.63, 3.8) is 0 Å². The van der Waals surface area contributed by atoms with Crippen molar-refractivity contribution in [3.05, 3.63) is 48.0 Å². The number of hydrogen-bond donors (Lipinski definition) is 2. The summed E-state index contributed by atoms with van der Waals surface area (Å²) in [5.41, 5.74) is 1.84. The highest BCUT2D eigenvalue weighted by Crippen LogP contribution is 2.20. The molecule has 1 unspecified atom stereocenters. The fourth-order valence-corrected chi connectivity index (χ4v) is 4.70. The molecule has 2 N–H and O–H groups in total. The molecule has 1 aromatic heterocycles. The first-order valence-corrected chi connectivity index (χ1v) is 10.8. The maximum atomic E-state index is 12.7. The summed E-state index contributed by atoms with van der Waals surface area (Å²) in [6, 6.07) is 7.75. The van der Waals surface area contributed by atoms with Gasteiger partial charge in [0.1, 0.15) is 5.82 Å². The fourth-order valence-electron chi connectivity index (χ4n) is 3.41. The Morgan fingerprint density at radius 1 is 1.38 bits per heavy atom. The topological polar surface area (TPSA) is 114 Å². The number of carboxylic acid groups (broad SMARTS) is 1. The Balaban J connectivity index is 0.000000941. The molecule has 0 spiro atoms. The van der Waals surface area contributed by atoms with Gasteiger partial charge in [-0.1, -0.05) is 18.2 Å². The highest BCUT2D eigenvalue weighted by molar-refractivity contribution is 7.87. The smallest absolute Gasteiger partial charge is 0.290 e. The lowest BCUT2D eigenvalue weighted by atomic mass is 10.0. The number of nitrogens with one attached hydrogen (secondary N) is 1. The van der Waals surface area contributed by atoms with Gasteiger partial charge in [-0.15, -0.1) is 0 Å². The summed E-state index contributed by atoms with van der Waals surface area (Å²) in [5.74, 6) is 1.12. The van der Waals surface area contributed by atoms with Crippen molar-refractivity contribution in [1.29, 1.82) is 0 Å². The van der Waals surface area contributed by atoms with Crippen LogP contribution in [0.1, 0.15) is 24.2 Å². The van der Waals surface area contributed by atoms with Gasteiger partial charge in [0.2, 0.25) is 0 Å². The first-order chi connectivity index (χ1) is 13.9. The predicted octanol–water partition coefficient (Wildman–Crippen LogP) is 1.57. The van der Waals surface area contributed by atoms with Gasteiger partial charge in [-0.25, -0.2) is 4.98 Å². The summed E-state index contributed by atoms with van der Waals surface area (Å²) in [7, 11) is -1.87. The molecular formula is C19H28N4O5S. The third-order valence-corrected chi connectivity index (χ3v) is 6.27. The molecule has 1 atom stereocenters. The molecule has 160 valence electrons. The van der Waals surface area contributed by atoms with Gasteiger partial charge in [-0.05, 0) is 37.3 Å². The average molecular weight is 425 g/mol. The average Bonchev–Trinajstić information content (AvgIpc) is 3.13. The number of nitrogens with zero attached hydrogens (tertiary/aromatic N) is 3. The Labute approximate surface area is 171 Å². The molecule has 0 amide bonds. The van der Waals surface area contributed by atoms with Gasteiger partial charge < -0.3 is 14.4 Å². The van der Waals surface area contributed by atoms with Crippen LogP contribution in [0.15, 0.2) is 36.7 Å². The lowest BCUT2D eigenvalue weighted by molar-refractivity contribution is -0.122. The molecule has 0 radical (unpaired) electrons. The standard InChI is InChI=1S/C18H26N4O3S.CH2O2/c1-15-19-9-11-22(15)18-8-4-3-7-17(18)12-20-26(23,24)21-10-5-6-16(13-21)14-25-2;2-1-3/h3-4,7-9,11,16,20H,5-6,10,12-14H2,1-2H3;1H,(H,2,3). The second kappa shape index (κ2) is 11.1. The maximum Gasteiger partial charge on any atom is 0.290 e. The number of imidazole rings is 1. The van der Waals surface area contributed by atoms with Gasteiger partial charge in [-0.3, -0.25) is 4.79 Å². The predicted molar refractivity (Wildman–Crippen MR) is 109 cm³/mol. The molecule has 9 nitrogen and oxygen atoms in total. The molecule has 1 saturated heterocycles. The van der Waals surface area contributed by atoms with E-state index in [1.165, 1.54) is 4.31 Å². The van der Waals surface area contributed by atoms with Crippen LogP contribution in [0.3, 0.4) is 0 Å². The molecule has 1 fully saturated rings. The molecule has 1 aliphatic rings. The van der Waals surface area contributed by atoms with Crippen molar-refractivity contribution >= 4 is 16.7 Å². The number of ether oxygens (including phenoxy) is 1. The van der Waals surface area contributed by atoms with Crippen molar-refractivity contribution in [3.8, 4) is 5.69 Å². The van der Waals surface area contributed by atoms with E-state index in [2.05, 4.69) is 9.71 Å². The van der Waals surface area contributed by atoms with Crippen LogP contribution in [0.4, 0.5) is 0 Å². The van der Waals surface area contributed by atoms with Gasteiger partial charge in [0.15, 0.2) is 0 Å². The van der Waals surface area contributed by atoms with Crippen LogP contribution in [0, 0.1) is 12.8 Å². The van der Waals surface area contributed by atoms with Crippen LogP contribution in [0.25, 0.3) is 5.69 Å². The number of rotatable bonds is 7. The van der Waals surface area contributed by atoms with Crippen molar-refractivity contribution in [1.82, 2.24) is 18.6 Å². The van der Waals surface area contributed by atoms with Crippen LogP contribution in [0.2, 0.25) is 0 Å². The number of aromatic nitrogens is 2. The third-order valence-electron chi connectivity index (χ3n) is 4.75. The Hall–Kier alpha value is -2.27. The molecule has 1 aliphatic heterocycles. The normalized spacial score (nSPS) is 17.4. The van der Waals surface area contributed by atoms with Crippen molar-refractivity contribution in [2.75, 3.05) is 26.8 Å². The zero-order valence-electron chi connectivity index (χ0n) is 16.7.